The van der Waals surface area contributed by atoms with Crippen LogP contribution in [0.3, 0.4) is 0 Å². The van der Waals surface area contributed by atoms with Crippen molar-refractivity contribution >= 4 is 23.2 Å². The summed E-state index contributed by atoms with van der Waals surface area (Å²) in [5.41, 5.74) is 3.14. The molecule has 1 N–H and O–H groups in total. The van der Waals surface area contributed by atoms with Gasteiger partial charge in [-0.15, -0.1) is 0 Å². The highest BCUT2D eigenvalue weighted by Gasteiger charge is 2.22. The van der Waals surface area contributed by atoms with E-state index in [0.717, 1.165) is 28.9 Å². The van der Waals surface area contributed by atoms with Crippen LogP contribution in [0.15, 0.2) is 41.5 Å². The van der Waals surface area contributed by atoms with Crippen LogP contribution < -0.4 is 5.56 Å². The normalized spacial score (nSPS) is 14.2. The molecule has 0 spiro atoms. The highest BCUT2D eigenvalue weighted by atomic mass is 35.5. The third-order valence-corrected chi connectivity index (χ3v) is 4.91. The van der Waals surface area contributed by atoms with Crippen molar-refractivity contribution in [3.8, 4) is 11.4 Å². The lowest BCUT2D eigenvalue weighted by molar-refractivity contribution is 0.240. The minimum Gasteiger partial charge on any atom is -0.306 e. The fourth-order valence-corrected chi connectivity index (χ4v) is 3.47. The van der Waals surface area contributed by atoms with Gasteiger partial charge in [0, 0.05) is 48.7 Å². The molecule has 1 aliphatic heterocycles. The molecule has 6 nitrogen and oxygen atoms in total. The van der Waals surface area contributed by atoms with E-state index in [-0.39, 0.29) is 5.56 Å². The lowest BCUT2D eigenvalue weighted by Gasteiger charge is -2.27. The van der Waals surface area contributed by atoms with E-state index < -0.39 is 0 Å². The Morgan fingerprint density at radius 1 is 1.19 bits per heavy atom. The van der Waals surface area contributed by atoms with Gasteiger partial charge in [0.05, 0.1) is 5.69 Å². The number of hydrogen-bond donors (Lipinski definition) is 1. The Morgan fingerprint density at radius 3 is 2.85 bits per heavy atom. The van der Waals surface area contributed by atoms with Gasteiger partial charge in [-0.2, -0.15) is 0 Å². The summed E-state index contributed by atoms with van der Waals surface area (Å²) >= 11 is 12.0. The van der Waals surface area contributed by atoms with Crippen molar-refractivity contribution in [1.82, 2.24) is 24.8 Å². The molecular weight excluding hydrogens is 373 g/mol. The molecule has 0 unspecified atom stereocenters. The Bertz CT molecular complexity index is 1010. The topological polar surface area (TPSA) is 74.8 Å². The molecule has 0 amide bonds. The van der Waals surface area contributed by atoms with Gasteiger partial charge in [-0.1, -0.05) is 29.3 Å². The first-order valence-corrected chi connectivity index (χ1v) is 8.91. The molecule has 3 aromatic rings. The SMILES string of the molecule is O=c1[nH]c(-c2cccnc2)nc2c1CCN(Cc1ccc(Cl)nc1Cl)C2. The number of rotatable bonds is 3. The van der Waals surface area contributed by atoms with E-state index in [0.29, 0.717) is 35.6 Å². The smallest absolute Gasteiger partial charge is 0.254 e. The molecule has 0 bridgehead atoms. The number of fused-ring (bicyclic) bond motifs is 1. The van der Waals surface area contributed by atoms with Crippen molar-refractivity contribution in [2.45, 2.75) is 19.5 Å². The van der Waals surface area contributed by atoms with Crippen LogP contribution in [0.5, 0.6) is 0 Å². The lowest BCUT2D eigenvalue weighted by Crippen LogP contribution is -2.35. The first-order chi connectivity index (χ1) is 12.6. The number of H-pyrrole nitrogens is 1. The summed E-state index contributed by atoms with van der Waals surface area (Å²) in [6.45, 7) is 1.95. The monoisotopic (exact) mass is 387 g/mol. The largest absolute Gasteiger partial charge is 0.306 e. The van der Waals surface area contributed by atoms with E-state index in [2.05, 4.69) is 24.8 Å². The molecule has 0 radical (unpaired) electrons. The lowest BCUT2D eigenvalue weighted by atomic mass is 10.1. The summed E-state index contributed by atoms with van der Waals surface area (Å²) in [5, 5.41) is 0.773. The van der Waals surface area contributed by atoms with Crippen LogP contribution >= 0.6 is 23.2 Å². The first-order valence-electron chi connectivity index (χ1n) is 8.16. The first kappa shape index (κ1) is 17.1. The summed E-state index contributed by atoms with van der Waals surface area (Å²) < 4.78 is 0. The summed E-state index contributed by atoms with van der Waals surface area (Å²) in [7, 11) is 0. The van der Waals surface area contributed by atoms with Gasteiger partial charge in [-0.05, 0) is 24.6 Å². The van der Waals surface area contributed by atoms with Gasteiger partial charge in [0.15, 0.2) is 0 Å². The molecule has 0 aliphatic carbocycles. The average molecular weight is 388 g/mol. The molecule has 132 valence electrons. The molecule has 4 heterocycles. The number of nitrogens with one attached hydrogen (secondary N) is 1. The zero-order valence-corrected chi connectivity index (χ0v) is 15.3. The van der Waals surface area contributed by atoms with Crippen molar-refractivity contribution in [1.29, 1.82) is 0 Å². The molecule has 26 heavy (non-hydrogen) atoms. The molecule has 8 heteroatoms. The number of nitrogens with zero attached hydrogens (tertiary/aromatic N) is 4. The fourth-order valence-electron chi connectivity index (χ4n) is 3.07. The zero-order valence-electron chi connectivity index (χ0n) is 13.7. The van der Waals surface area contributed by atoms with Gasteiger partial charge in [-0.3, -0.25) is 14.7 Å². The van der Waals surface area contributed by atoms with Gasteiger partial charge in [0.2, 0.25) is 0 Å². The number of aromatic nitrogens is 4. The van der Waals surface area contributed by atoms with Crippen LogP contribution in [0.1, 0.15) is 16.8 Å². The molecule has 0 saturated heterocycles. The van der Waals surface area contributed by atoms with E-state index >= 15 is 0 Å². The highest BCUT2D eigenvalue weighted by molar-refractivity contribution is 6.32. The van der Waals surface area contributed by atoms with Crippen LogP contribution in [-0.4, -0.2) is 31.4 Å². The standard InChI is InChI=1S/C18H15Cl2N5O/c19-15-4-3-12(16(20)23-15)9-25-7-5-13-14(10-25)22-17(24-18(13)26)11-2-1-6-21-8-11/h1-4,6,8H,5,7,9-10H2,(H,22,24,26). The molecule has 0 atom stereocenters. The quantitative estimate of drug-likeness (QED) is 0.698. The Hall–Kier alpha value is -2.28. The van der Waals surface area contributed by atoms with Crippen molar-refractivity contribution in [2.75, 3.05) is 6.54 Å². The number of halogens is 2. The molecule has 4 rings (SSSR count). The molecule has 3 aromatic heterocycles. The average Bonchev–Trinajstić information content (AvgIpc) is 2.64. The maximum Gasteiger partial charge on any atom is 0.254 e. The van der Waals surface area contributed by atoms with Crippen LogP contribution in [0.4, 0.5) is 0 Å². The summed E-state index contributed by atoms with van der Waals surface area (Å²) in [5.74, 6) is 0.537. The summed E-state index contributed by atoms with van der Waals surface area (Å²) in [4.78, 5) is 30.3. The second kappa shape index (κ2) is 7.15. The highest BCUT2D eigenvalue weighted by Crippen LogP contribution is 2.22. The Morgan fingerprint density at radius 2 is 2.08 bits per heavy atom. The second-order valence-corrected chi connectivity index (χ2v) is 6.87. The Kier molecular flexibility index (Phi) is 4.72. The van der Waals surface area contributed by atoms with Crippen LogP contribution in [0.2, 0.25) is 10.3 Å². The molecule has 0 aromatic carbocycles. The maximum atomic E-state index is 12.4. The molecule has 0 fully saturated rings. The third kappa shape index (κ3) is 3.49. The van der Waals surface area contributed by atoms with Crippen LogP contribution in [-0.2, 0) is 19.5 Å². The zero-order chi connectivity index (χ0) is 18.1. The minimum absolute atomic E-state index is 0.0836. The van der Waals surface area contributed by atoms with E-state index in [1.807, 2.05) is 18.2 Å². The van der Waals surface area contributed by atoms with Gasteiger partial charge in [0.25, 0.3) is 5.56 Å². The van der Waals surface area contributed by atoms with Gasteiger partial charge >= 0.3 is 0 Å². The van der Waals surface area contributed by atoms with Crippen LogP contribution in [0.25, 0.3) is 11.4 Å². The predicted molar refractivity (Wildman–Crippen MR) is 100 cm³/mol. The predicted octanol–water partition coefficient (Wildman–Crippen LogP) is 3.09. The third-order valence-electron chi connectivity index (χ3n) is 4.37. The molecule has 1 aliphatic rings. The van der Waals surface area contributed by atoms with E-state index in [1.165, 1.54) is 0 Å². The van der Waals surface area contributed by atoms with Gasteiger partial charge in [-0.25, -0.2) is 9.97 Å². The van der Waals surface area contributed by atoms with Crippen molar-refractivity contribution in [3.05, 3.63) is 74.1 Å². The number of pyridine rings is 2. The summed E-state index contributed by atoms with van der Waals surface area (Å²) in [6, 6.07) is 7.29. The van der Waals surface area contributed by atoms with E-state index in [4.69, 9.17) is 23.2 Å². The van der Waals surface area contributed by atoms with E-state index in [9.17, 15) is 4.79 Å². The van der Waals surface area contributed by atoms with Crippen molar-refractivity contribution in [3.63, 3.8) is 0 Å². The Balaban J connectivity index is 1.61. The van der Waals surface area contributed by atoms with Gasteiger partial charge < -0.3 is 4.98 Å². The van der Waals surface area contributed by atoms with Gasteiger partial charge in [0.1, 0.15) is 16.1 Å². The molecular formula is C18H15Cl2N5O. The maximum absolute atomic E-state index is 12.4. The van der Waals surface area contributed by atoms with Crippen LogP contribution in [0, 0.1) is 0 Å². The minimum atomic E-state index is -0.0836. The molecule has 0 saturated carbocycles. The Labute approximate surface area is 159 Å². The number of aromatic amines is 1. The van der Waals surface area contributed by atoms with E-state index in [1.54, 1.807) is 18.5 Å². The fraction of sp³-hybridized carbons (Fsp3) is 0.222. The van der Waals surface area contributed by atoms with Crippen molar-refractivity contribution in [2.24, 2.45) is 0 Å². The van der Waals surface area contributed by atoms with Crippen molar-refractivity contribution < 1.29 is 0 Å². The summed E-state index contributed by atoms with van der Waals surface area (Å²) in [6.07, 6.45) is 4.01. The second-order valence-electron chi connectivity index (χ2n) is 6.13. The number of hydrogen-bond acceptors (Lipinski definition) is 5.